The Hall–Kier alpha value is -1.91. The zero-order chi connectivity index (χ0) is 22.9. The predicted molar refractivity (Wildman–Crippen MR) is 128 cm³/mol. The molecule has 4 aliphatic rings. The highest BCUT2D eigenvalue weighted by Crippen LogP contribution is 2.64. The summed E-state index contributed by atoms with van der Waals surface area (Å²) < 4.78 is 34.9. The molecule has 2 unspecified atom stereocenters. The average molecular weight is 493 g/mol. The summed E-state index contributed by atoms with van der Waals surface area (Å²) in [5.41, 5.74) is -0.0497. The van der Waals surface area contributed by atoms with E-state index in [0.29, 0.717) is 39.1 Å². The normalized spacial score (nSPS) is 29.9. The molecule has 0 spiro atoms. The van der Waals surface area contributed by atoms with E-state index < -0.39 is 15.4 Å². The van der Waals surface area contributed by atoms with Gasteiger partial charge >= 0.3 is 0 Å². The van der Waals surface area contributed by atoms with E-state index in [0.717, 1.165) is 6.42 Å². The molecule has 7 nitrogen and oxygen atoms in total. The second-order valence-electron chi connectivity index (χ2n) is 9.42. The van der Waals surface area contributed by atoms with E-state index in [4.69, 9.17) is 17.0 Å². The van der Waals surface area contributed by atoms with Gasteiger partial charge < -0.3 is 10.1 Å². The molecule has 1 aromatic rings. The van der Waals surface area contributed by atoms with Crippen molar-refractivity contribution < 1.29 is 22.7 Å². The Morgan fingerprint density at radius 1 is 1.34 bits per heavy atom. The highest BCUT2D eigenvalue weighted by atomic mass is 32.2. The molecule has 1 aromatic carbocycles. The Labute approximate surface area is 197 Å². The lowest BCUT2D eigenvalue weighted by atomic mass is 9.70. The number of fused-ring (bicyclic) bond motifs is 3. The van der Waals surface area contributed by atoms with Gasteiger partial charge in [0, 0.05) is 6.42 Å². The van der Waals surface area contributed by atoms with Crippen molar-refractivity contribution in [3.05, 3.63) is 28.7 Å². The lowest BCUT2D eigenvalue weighted by molar-refractivity contribution is -0.128. The number of ketones is 1. The van der Waals surface area contributed by atoms with E-state index in [1.807, 2.05) is 13.8 Å². The second-order valence-corrected chi connectivity index (χ2v) is 13.0. The summed E-state index contributed by atoms with van der Waals surface area (Å²) in [5, 5.41) is 2.57. The summed E-state index contributed by atoms with van der Waals surface area (Å²) in [7, 11) is -3.79. The first-order valence-electron chi connectivity index (χ1n) is 10.6. The summed E-state index contributed by atoms with van der Waals surface area (Å²) in [5.74, 6) is 0.353. The van der Waals surface area contributed by atoms with Crippen LogP contribution < -0.4 is 14.4 Å². The molecule has 2 atom stereocenters. The molecule has 1 N–H and O–H groups in total. The van der Waals surface area contributed by atoms with Crippen molar-refractivity contribution in [3.8, 4) is 5.75 Å². The number of amides is 1. The van der Waals surface area contributed by atoms with Crippen molar-refractivity contribution in [1.82, 2.24) is 5.32 Å². The first kappa shape index (κ1) is 21.9. The van der Waals surface area contributed by atoms with Crippen LogP contribution in [0.15, 0.2) is 23.1 Å². The van der Waals surface area contributed by atoms with Crippen LogP contribution in [0.4, 0.5) is 5.69 Å². The molecule has 0 aromatic heterocycles. The summed E-state index contributed by atoms with van der Waals surface area (Å²) in [6.45, 7) is 4.50. The Bertz CT molecular complexity index is 1190. The molecule has 10 heteroatoms. The monoisotopic (exact) mass is 492 g/mol. The molecule has 1 amide bonds. The van der Waals surface area contributed by atoms with Crippen molar-refractivity contribution in [3.63, 3.8) is 0 Å². The van der Waals surface area contributed by atoms with Crippen LogP contribution in [0.2, 0.25) is 0 Å². The smallest absolute Gasteiger partial charge is 0.263 e. The SMILES string of the molecule is CC1(C)C2CCC1(CS(=O)(=O)N1CCOc3ccc(/C=C4\SC(=S)NC4=O)cc31)C(=O)C2. The van der Waals surface area contributed by atoms with Gasteiger partial charge in [0.2, 0.25) is 10.0 Å². The third-order valence-corrected chi connectivity index (χ3v) is 10.7. The van der Waals surface area contributed by atoms with Gasteiger partial charge in [0.15, 0.2) is 0 Å². The average Bonchev–Trinajstić information content (AvgIpc) is 3.23. The highest BCUT2D eigenvalue weighted by molar-refractivity contribution is 8.26. The standard InChI is InChI=1S/C22H24N2O5S3/c1-21(2)14-5-6-22(21,18(25)11-14)12-32(27,28)24-7-8-29-16-4-3-13(9-15(16)24)10-17-19(26)23-20(30)31-17/h3-4,9-10,14H,5-8,11-12H2,1-2H3,(H,23,26,30)/b17-10-. The molecule has 2 heterocycles. The van der Waals surface area contributed by atoms with Crippen molar-refractivity contribution in [2.45, 2.75) is 33.1 Å². The highest BCUT2D eigenvalue weighted by Gasteiger charge is 2.65. The number of Topliss-reactive ketones (excluding diaryl/α,β-unsaturated/α-hetero) is 1. The summed E-state index contributed by atoms with van der Waals surface area (Å²) in [4.78, 5) is 25.4. The van der Waals surface area contributed by atoms with Crippen LogP contribution in [0.5, 0.6) is 5.75 Å². The molecule has 32 heavy (non-hydrogen) atoms. The fourth-order valence-corrected chi connectivity index (χ4v) is 8.95. The number of ether oxygens (including phenoxy) is 1. The molecule has 2 saturated carbocycles. The van der Waals surface area contributed by atoms with Crippen molar-refractivity contribution in [2.75, 3.05) is 23.2 Å². The first-order chi connectivity index (χ1) is 15.0. The van der Waals surface area contributed by atoms with Crippen molar-refractivity contribution in [2.24, 2.45) is 16.7 Å². The topological polar surface area (TPSA) is 92.8 Å². The largest absolute Gasteiger partial charge is 0.489 e. The van der Waals surface area contributed by atoms with Crippen LogP contribution >= 0.6 is 24.0 Å². The van der Waals surface area contributed by atoms with Crippen LogP contribution in [-0.4, -0.2) is 43.3 Å². The van der Waals surface area contributed by atoms with Crippen LogP contribution in [-0.2, 0) is 19.6 Å². The zero-order valence-corrected chi connectivity index (χ0v) is 20.3. The number of rotatable bonds is 4. The van der Waals surface area contributed by atoms with Gasteiger partial charge in [-0.15, -0.1) is 0 Å². The van der Waals surface area contributed by atoms with Crippen LogP contribution in [0.1, 0.15) is 38.7 Å². The molecule has 170 valence electrons. The molecule has 2 aliphatic heterocycles. The number of anilines is 1. The van der Waals surface area contributed by atoms with E-state index in [9.17, 15) is 18.0 Å². The van der Waals surface area contributed by atoms with Gasteiger partial charge in [0.05, 0.1) is 28.3 Å². The molecule has 2 aliphatic carbocycles. The number of hydrogen-bond donors (Lipinski definition) is 1. The maximum absolute atomic E-state index is 13.7. The number of carbonyl (C=O) groups excluding carboxylic acids is 2. The molecule has 3 fully saturated rings. The van der Waals surface area contributed by atoms with Crippen molar-refractivity contribution >= 4 is 61.8 Å². The van der Waals surface area contributed by atoms with Crippen molar-refractivity contribution in [1.29, 1.82) is 0 Å². The number of sulfonamides is 1. The zero-order valence-electron chi connectivity index (χ0n) is 17.8. The van der Waals surface area contributed by atoms with E-state index >= 15 is 0 Å². The summed E-state index contributed by atoms with van der Waals surface area (Å²) in [6, 6.07) is 5.21. The van der Waals surface area contributed by atoms with E-state index in [-0.39, 0.29) is 41.9 Å². The Morgan fingerprint density at radius 3 is 2.75 bits per heavy atom. The quantitative estimate of drug-likeness (QED) is 0.510. The maximum Gasteiger partial charge on any atom is 0.263 e. The van der Waals surface area contributed by atoms with Gasteiger partial charge in [-0.2, -0.15) is 0 Å². The predicted octanol–water partition coefficient (Wildman–Crippen LogP) is 3.10. The Balaban J connectivity index is 1.50. The molecule has 2 bridgehead atoms. The Morgan fingerprint density at radius 2 is 2.12 bits per heavy atom. The molecule has 0 radical (unpaired) electrons. The second kappa shape index (κ2) is 7.30. The summed E-state index contributed by atoms with van der Waals surface area (Å²) in [6.07, 6.45) is 3.68. The van der Waals surface area contributed by atoms with Crippen LogP contribution in [0.25, 0.3) is 6.08 Å². The number of carbonyl (C=O) groups is 2. The number of benzene rings is 1. The Kier molecular flexibility index (Phi) is 5.00. The van der Waals surface area contributed by atoms with Gasteiger partial charge in [-0.05, 0) is 47.9 Å². The van der Waals surface area contributed by atoms with E-state index in [1.54, 1.807) is 24.3 Å². The van der Waals surface area contributed by atoms with Crippen LogP contribution in [0, 0.1) is 16.7 Å². The minimum absolute atomic E-state index is 0.0783. The fourth-order valence-electron chi connectivity index (χ4n) is 5.66. The minimum Gasteiger partial charge on any atom is -0.489 e. The van der Waals surface area contributed by atoms with Crippen LogP contribution in [0.3, 0.4) is 0 Å². The van der Waals surface area contributed by atoms with Gasteiger partial charge in [-0.3, -0.25) is 13.9 Å². The van der Waals surface area contributed by atoms with Gasteiger partial charge in [0.1, 0.15) is 22.5 Å². The minimum atomic E-state index is -3.79. The van der Waals surface area contributed by atoms with E-state index in [2.05, 4.69) is 5.32 Å². The number of nitrogens with one attached hydrogen (secondary N) is 1. The maximum atomic E-state index is 13.7. The number of nitrogens with zero attached hydrogens (tertiary/aromatic N) is 1. The number of thioether (sulfide) groups is 1. The van der Waals surface area contributed by atoms with Gasteiger partial charge in [-0.25, -0.2) is 8.42 Å². The first-order valence-corrected chi connectivity index (χ1v) is 13.4. The molecule has 5 rings (SSSR count). The lowest BCUT2D eigenvalue weighted by Crippen LogP contribution is -2.48. The fraction of sp³-hybridized carbons (Fsp3) is 0.500. The number of hydrogen-bond acceptors (Lipinski definition) is 7. The molecular weight excluding hydrogens is 468 g/mol. The lowest BCUT2D eigenvalue weighted by Gasteiger charge is -2.39. The number of thiocarbonyl (C=S) groups is 1. The summed E-state index contributed by atoms with van der Waals surface area (Å²) >= 11 is 6.20. The molecular formula is C22H24N2O5S3. The van der Waals surface area contributed by atoms with Gasteiger partial charge in [-0.1, -0.05) is 43.9 Å². The third kappa shape index (κ3) is 3.21. The van der Waals surface area contributed by atoms with E-state index in [1.165, 1.54) is 16.1 Å². The molecule has 1 saturated heterocycles. The third-order valence-electron chi connectivity index (χ3n) is 7.65. The van der Waals surface area contributed by atoms with Gasteiger partial charge in [0.25, 0.3) is 5.91 Å².